The molecule has 3 aromatic carbocycles. The highest BCUT2D eigenvalue weighted by atomic mass is 35.5. The summed E-state index contributed by atoms with van der Waals surface area (Å²) in [5.41, 5.74) is 1.15. The molecule has 3 amide bonds. The first-order valence-electron chi connectivity index (χ1n) is 15.3. The SMILES string of the molecule is COC(=O)N1C(=O)[C@H]2[C@H](CC=C3[C@H]2C[C@H]2C(=O)C(c4ccccc4)=CC(=O)[C@@]2(c2ccccc2)[C@H]3c2cc(Cl)c(O)c(OC)c2)C1=O. The van der Waals surface area contributed by atoms with Gasteiger partial charge in [0.1, 0.15) is 0 Å². The predicted octanol–water partition coefficient (Wildman–Crippen LogP) is 5.65. The van der Waals surface area contributed by atoms with Gasteiger partial charge in [-0.1, -0.05) is 83.9 Å². The fourth-order valence-electron chi connectivity index (χ4n) is 8.44. The van der Waals surface area contributed by atoms with Gasteiger partial charge in [-0.2, -0.15) is 4.90 Å². The van der Waals surface area contributed by atoms with Crippen molar-refractivity contribution in [3.63, 3.8) is 0 Å². The Kier molecular flexibility index (Phi) is 7.39. The molecule has 0 spiro atoms. The van der Waals surface area contributed by atoms with Gasteiger partial charge >= 0.3 is 6.09 Å². The monoisotopic (exact) mass is 651 g/mol. The Labute approximate surface area is 275 Å². The maximum absolute atomic E-state index is 15.0. The van der Waals surface area contributed by atoms with E-state index in [1.54, 1.807) is 36.4 Å². The molecule has 1 N–H and O–H groups in total. The number of Topliss-reactive ketones (excluding diaryl/α,β-unsaturated/α-hetero) is 1. The first-order valence-corrected chi connectivity index (χ1v) is 15.7. The molecule has 47 heavy (non-hydrogen) atoms. The zero-order chi connectivity index (χ0) is 33.2. The summed E-state index contributed by atoms with van der Waals surface area (Å²) in [5.74, 6) is -6.43. The number of imide groups is 3. The Hall–Kier alpha value is -5.02. The number of hydrogen-bond donors (Lipinski definition) is 1. The average molecular weight is 652 g/mol. The van der Waals surface area contributed by atoms with Gasteiger partial charge in [0.15, 0.2) is 23.1 Å². The Bertz CT molecular complexity index is 1920. The lowest BCUT2D eigenvalue weighted by molar-refractivity contribution is -0.138. The number of benzene rings is 3. The zero-order valence-corrected chi connectivity index (χ0v) is 26.3. The molecule has 1 saturated heterocycles. The fourth-order valence-corrected chi connectivity index (χ4v) is 8.66. The molecule has 2 fully saturated rings. The first-order chi connectivity index (χ1) is 22.6. The van der Waals surface area contributed by atoms with E-state index in [2.05, 4.69) is 0 Å². The number of carbonyl (C=O) groups excluding carboxylic acids is 5. The maximum atomic E-state index is 15.0. The van der Waals surface area contributed by atoms with Crippen LogP contribution in [0.3, 0.4) is 0 Å². The van der Waals surface area contributed by atoms with Gasteiger partial charge < -0.3 is 14.6 Å². The van der Waals surface area contributed by atoms with Crippen LogP contribution >= 0.6 is 11.6 Å². The molecule has 10 heteroatoms. The quantitative estimate of drug-likeness (QED) is 0.284. The van der Waals surface area contributed by atoms with Crippen LogP contribution in [0.1, 0.15) is 35.4 Å². The van der Waals surface area contributed by atoms with Gasteiger partial charge in [0.25, 0.3) is 0 Å². The molecule has 238 valence electrons. The highest BCUT2D eigenvalue weighted by molar-refractivity contribution is 6.33. The molecule has 0 unspecified atom stereocenters. The van der Waals surface area contributed by atoms with E-state index in [1.165, 1.54) is 13.2 Å². The van der Waals surface area contributed by atoms with E-state index in [4.69, 9.17) is 21.1 Å². The number of allylic oxidation sites excluding steroid dienone is 4. The number of methoxy groups -OCH3 is 2. The van der Waals surface area contributed by atoms with E-state index >= 15 is 4.79 Å². The van der Waals surface area contributed by atoms with Gasteiger partial charge in [-0.15, -0.1) is 0 Å². The van der Waals surface area contributed by atoms with Gasteiger partial charge in [-0.05, 0) is 53.7 Å². The largest absolute Gasteiger partial charge is 0.503 e. The summed E-state index contributed by atoms with van der Waals surface area (Å²) in [7, 11) is 2.48. The van der Waals surface area contributed by atoms with Gasteiger partial charge in [-0.25, -0.2) is 4.79 Å². The summed E-state index contributed by atoms with van der Waals surface area (Å²) in [6, 6.07) is 21.2. The molecular formula is C37H30ClNO8. The number of phenolic OH excluding ortho intramolecular Hbond substituents is 1. The van der Waals surface area contributed by atoms with Gasteiger partial charge in [0.2, 0.25) is 11.8 Å². The summed E-state index contributed by atoms with van der Waals surface area (Å²) in [6.07, 6.45) is 2.43. The van der Waals surface area contributed by atoms with Gasteiger partial charge in [0, 0.05) is 17.4 Å². The first kappa shape index (κ1) is 30.6. The van der Waals surface area contributed by atoms with Crippen molar-refractivity contribution in [2.75, 3.05) is 14.2 Å². The minimum Gasteiger partial charge on any atom is -0.503 e. The molecule has 3 aliphatic carbocycles. The molecule has 7 rings (SSSR count). The number of amides is 3. The normalized spacial score (nSPS) is 28.1. The standard InChI is InChI=1S/C37H30ClNO8/c1-46-28-16-20(15-27(38)33(28)42)31-22-13-14-23-30(35(44)39(34(23)43)36(45)47-2)25(22)17-26-32(41)24(19-9-5-3-6-10-19)18-29(40)37(26,31)21-11-7-4-8-12-21/h3-13,15-16,18,23,25-26,30-31,42H,14,17H2,1-2H3/t23-,25+,26-,30-,31-,37-/m0/s1. The Morgan fingerprint density at radius 2 is 1.62 bits per heavy atom. The number of likely N-dealkylation sites (tertiary alicyclic amines) is 1. The molecule has 0 radical (unpaired) electrons. The lowest BCUT2D eigenvalue weighted by atomic mass is 9.44. The minimum atomic E-state index is -1.48. The smallest absolute Gasteiger partial charge is 0.423 e. The van der Waals surface area contributed by atoms with Crippen LogP contribution in [-0.4, -0.2) is 53.7 Å². The Morgan fingerprint density at radius 3 is 2.28 bits per heavy atom. The lowest BCUT2D eigenvalue weighted by Gasteiger charge is -2.55. The minimum absolute atomic E-state index is 0.0189. The second-order valence-electron chi connectivity index (χ2n) is 12.3. The third kappa shape index (κ3) is 4.33. The van der Waals surface area contributed by atoms with Crippen molar-refractivity contribution < 1.29 is 38.6 Å². The summed E-state index contributed by atoms with van der Waals surface area (Å²) in [4.78, 5) is 70.4. The summed E-state index contributed by atoms with van der Waals surface area (Å²) in [6.45, 7) is 0. The van der Waals surface area contributed by atoms with E-state index in [0.717, 1.165) is 7.11 Å². The molecule has 4 aliphatic rings. The van der Waals surface area contributed by atoms with Crippen LogP contribution in [0.2, 0.25) is 5.02 Å². The number of ketones is 2. The van der Waals surface area contributed by atoms with E-state index in [-0.39, 0.29) is 46.5 Å². The molecule has 1 saturated carbocycles. The lowest BCUT2D eigenvalue weighted by Crippen LogP contribution is -2.58. The van der Waals surface area contributed by atoms with Gasteiger partial charge in [0.05, 0.1) is 36.5 Å². The number of phenols is 1. The van der Waals surface area contributed by atoms with Crippen LogP contribution in [-0.2, 0) is 29.3 Å². The summed E-state index contributed by atoms with van der Waals surface area (Å²) < 4.78 is 10.3. The Morgan fingerprint density at radius 1 is 0.936 bits per heavy atom. The maximum Gasteiger partial charge on any atom is 0.423 e. The molecule has 3 aromatic rings. The fraction of sp³-hybridized carbons (Fsp3) is 0.270. The van der Waals surface area contributed by atoms with Crippen molar-refractivity contribution in [3.05, 3.63) is 112 Å². The van der Waals surface area contributed by atoms with Crippen molar-refractivity contribution in [1.29, 1.82) is 0 Å². The van der Waals surface area contributed by atoms with E-state index < -0.39 is 52.9 Å². The van der Waals surface area contributed by atoms with Crippen molar-refractivity contribution in [3.8, 4) is 11.5 Å². The molecule has 6 atom stereocenters. The van der Waals surface area contributed by atoms with Crippen LogP contribution in [0.4, 0.5) is 4.79 Å². The predicted molar refractivity (Wildman–Crippen MR) is 170 cm³/mol. The van der Waals surface area contributed by atoms with Crippen LogP contribution in [0, 0.1) is 23.7 Å². The summed E-state index contributed by atoms with van der Waals surface area (Å²) in [5, 5.41) is 10.7. The van der Waals surface area contributed by atoms with E-state index in [9.17, 15) is 24.3 Å². The van der Waals surface area contributed by atoms with Crippen LogP contribution in [0.15, 0.2) is 90.5 Å². The zero-order valence-electron chi connectivity index (χ0n) is 25.5. The van der Waals surface area contributed by atoms with Crippen molar-refractivity contribution >= 4 is 46.6 Å². The van der Waals surface area contributed by atoms with Crippen molar-refractivity contribution in [1.82, 2.24) is 4.90 Å². The number of halogens is 1. The molecule has 1 aliphatic heterocycles. The molecule has 9 nitrogen and oxygen atoms in total. The molecule has 0 aromatic heterocycles. The van der Waals surface area contributed by atoms with Crippen LogP contribution < -0.4 is 4.74 Å². The number of nitrogens with zero attached hydrogens (tertiary/aromatic N) is 1. The number of fused-ring (bicyclic) bond motifs is 4. The third-order valence-electron chi connectivity index (χ3n) is 10.3. The number of carbonyl (C=O) groups is 5. The number of ether oxygens (including phenoxy) is 2. The van der Waals surface area contributed by atoms with Crippen LogP contribution in [0.5, 0.6) is 11.5 Å². The van der Waals surface area contributed by atoms with Gasteiger partial charge in [-0.3, -0.25) is 19.2 Å². The van der Waals surface area contributed by atoms with E-state index in [1.807, 2.05) is 42.5 Å². The molecule has 0 bridgehead atoms. The number of aromatic hydroxyl groups is 1. The third-order valence-corrected chi connectivity index (χ3v) is 10.6. The second kappa shape index (κ2) is 11.3. The Balaban J connectivity index is 1.52. The highest BCUT2D eigenvalue weighted by Gasteiger charge is 2.66. The topological polar surface area (TPSA) is 127 Å². The number of rotatable bonds is 4. The highest BCUT2D eigenvalue weighted by Crippen LogP contribution is 2.64. The molecule has 1 heterocycles. The molecular weight excluding hydrogens is 622 g/mol. The number of hydrogen-bond acceptors (Lipinski definition) is 8. The average Bonchev–Trinajstić information content (AvgIpc) is 3.35. The van der Waals surface area contributed by atoms with Crippen molar-refractivity contribution in [2.24, 2.45) is 23.7 Å². The van der Waals surface area contributed by atoms with Crippen LogP contribution in [0.25, 0.3) is 5.57 Å². The van der Waals surface area contributed by atoms with Crippen molar-refractivity contribution in [2.45, 2.75) is 24.2 Å². The summed E-state index contributed by atoms with van der Waals surface area (Å²) >= 11 is 6.56. The van der Waals surface area contributed by atoms with E-state index in [0.29, 0.717) is 27.2 Å². The second-order valence-corrected chi connectivity index (χ2v) is 12.7.